The van der Waals surface area contributed by atoms with Crippen molar-refractivity contribution >= 4 is 23.8 Å². The van der Waals surface area contributed by atoms with Gasteiger partial charge in [0.25, 0.3) is 5.91 Å². The highest BCUT2D eigenvalue weighted by molar-refractivity contribution is 5.95. The highest BCUT2D eigenvalue weighted by Gasteiger charge is 2.33. The van der Waals surface area contributed by atoms with Crippen LogP contribution in [-0.4, -0.2) is 42.4 Å². The molecule has 0 aromatic heterocycles. The van der Waals surface area contributed by atoms with Gasteiger partial charge in [-0.2, -0.15) is 0 Å². The molecule has 8 nitrogen and oxygen atoms in total. The number of benzene rings is 1. The van der Waals surface area contributed by atoms with Gasteiger partial charge in [-0.05, 0) is 18.2 Å². The Bertz CT molecular complexity index is 607. The summed E-state index contributed by atoms with van der Waals surface area (Å²) >= 11 is 0. The van der Waals surface area contributed by atoms with Crippen LogP contribution in [0.25, 0.3) is 0 Å². The maximum Gasteiger partial charge on any atom is 0.414 e. The quantitative estimate of drug-likeness (QED) is 0.747. The number of nitrogens with one attached hydrogen (secondary N) is 1. The molecule has 3 amide bonds. The third kappa shape index (κ3) is 3.19. The van der Waals surface area contributed by atoms with Crippen molar-refractivity contribution in [3.8, 4) is 0 Å². The molecule has 1 aliphatic rings. The SMILES string of the molecule is NC(=O)c1ccc(N2C[C@H](CNC(=O)O)OC2=O)cc1F. The van der Waals surface area contributed by atoms with E-state index in [0.717, 1.165) is 11.0 Å². The van der Waals surface area contributed by atoms with Crippen LogP contribution in [0.1, 0.15) is 10.4 Å². The second-order valence-electron chi connectivity index (χ2n) is 4.33. The van der Waals surface area contributed by atoms with E-state index in [4.69, 9.17) is 15.6 Å². The first-order chi connectivity index (χ1) is 9.88. The van der Waals surface area contributed by atoms with Gasteiger partial charge in [-0.3, -0.25) is 9.69 Å². The van der Waals surface area contributed by atoms with E-state index in [9.17, 15) is 18.8 Å². The molecule has 1 aromatic carbocycles. The number of carboxylic acid groups (broad SMARTS) is 1. The molecule has 4 N–H and O–H groups in total. The number of hydrogen-bond donors (Lipinski definition) is 3. The van der Waals surface area contributed by atoms with Gasteiger partial charge in [-0.25, -0.2) is 14.0 Å². The molecule has 1 fully saturated rings. The van der Waals surface area contributed by atoms with Crippen molar-refractivity contribution in [3.63, 3.8) is 0 Å². The molecule has 21 heavy (non-hydrogen) atoms. The van der Waals surface area contributed by atoms with Crippen LogP contribution >= 0.6 is 0 Å². The standard InChI is InChI=1S/C12H12FN3O5/c13-9-3-6(1-2-8(9)10(14)17)16-5-7(21-12(16)20)4-15-11(18)19/h1-3,7,15H,4-5H2,(H2,14,17)(H,18,19)/t7-/m0/s1. The summed E-state index contributed by atoms with van der Waals surface area (Å²) in [5.74, 6) is -1.76. The van der Waals surface area contributed by atoms with Crippen molar-refractivity contribution in [1.29, 1.82) is 0 Å². The fraction of sp³-hybridized carbons (Fsp3) is 0.250. The zero-order valence-electron chi connectivity index (χ0n) is 10.7. The summed E-state index contributed by atoms with van der Waals surface area (Å²) in [5, 5.41) is 10.6. The molecule has 0 saturated carbocycles. The van der Waals surface area contributed by atoms with E-state index in [1.807, 2.05) is 0 Å². The number of halogens is 1. The van der Waals surface area contributed by atoms with Crippen LogP contribution in [0.2, 0.25) is 0 Å². The molecule has 1 heterocycles. The van der Waals surface area contributed by atoms with Crippen molar-refractivity contribution in [2.24, 2.45) is 5.73 Å². The van der Waals surface area contributed by atoms with Gasteiger partial charge < -0.3 is 20.9 Å². The Morgan fingerprint density at radius 2 is 2.24 bits per heavy atom. The van der Waals surface area contributed by atoms with Gasteiger partial charge in [0.15, 0.2) is 0 Å². The molecule has 1 aromatic rings. The number of amides is 3. The molecule has 9 heteroatoms. The molecule has 0 unspecified atom stereocenters. The number of primary amides is 1. The molecular formula is C12H12FN3O5. The van der Waals surface area contributed by atoms with Gasteiger partial charge in [0.05, 0.1) is 24.3 Å². The molecule has 1 saturated heterocycles. The normalized spacial score (nSPS) is 17.5. The van der Waals surface area contributed by atoms with E-state index < -0.39 is 30.0 Å². The van der Waals surface area contributed by atoms with E-state index in [2.05, 4.69) is 5.32 Å². The van der Waals surface area contributed by atoms with Gasteiger partial charge in [-0.15, -0.1) is 0 Å². The maximum atomic E-state index is 13.7. The lowest BCUT2D eigenvalue weighted by Gasteiger charge is -2.13. The minimum absolute atomic E-state index is 0.0640. The molecule has 1 aliphatic heterocycles. The Balaban J connectivity index is 2.12. The average molecular weight is 297 g/mol. The van der Waals surface area contributed by atoms with Crippen molar-refractivity contribution in [2.75, 3.05) is 18.0 Å². The fourth-order valence-corrected chi connectivity index (χ4v) is 1.91. The Morgan fingerprint density at radius 1 is 1.52 bits per heavy atom. The summed E-state index contributed by atoms with van der Waals surface area (Å²) in [4.78, 5) is 34.1. The highest BCUT2D eigenvalue weighted by Crippen LogP contribution is 2.23. The minimum atomic E-state index is -1.23. The molecule has 0 radical (unpaired) electrons. The van der Waals surface area contributed by atoms with E-state index in [-0.39, 0.29) is 24.3 Å². The minimum Gasteiger partial charge on any atom is -0.465 e. The Hall–Kier alpha value is -2.84. The molecule has 0 bridgehead atoms. The first-order valence-electron chi connectivity index (χ1n) is 5.92. The molecular weight excluding hydrogens is 285 g/mol. The van der Waals surface area contributed by atoms with Crippen LogP contribution in [0.4, 0.5) is 19.7 Å². The van der Waals surface area contributed by atoms with E-state index in [1.165, 1.54) is 12.1 Å². The first-order valence-corrected chi connectivity index (χ1v) is 5.92. The summed E-state index contributed by atoms with van der Waals surface area (Å²) in [6, 6.07) is 3.52. The zero-order valence-corrected chi connectivity index (χ0v) is 10.7. The topological polar surface area (TPSA) is 122 Å². The Kier molecular flexibility index (Phi) is 3.92. The van der Waals surface area contributed by atoms with Crippen LogP contribution in [0.3, 0.4) is 0 Å². The number of carbonyl (C=O) groups is 3. The van der Waals surface area contributed by atoms with E-state index in [0.29, 0.717) is 0 Å². The highest BCUT2D eigenvalue weighted by atomic mass is 19.1. The number of carbonyl (C=O) groups excluding carboxylic acids is 2. The number of nitrogens with two attached hydrogens (primary N) is 1. The summed E-state index contributed by atoms with van der Waals surface area (Å²) in [6.45, 7) is -0.00606. The summed E-state index contributed by atoms with van der Waals surface area (Å²) < 4.78 is 18.6. The number of nitrogens with zero attached hydrogens (tertiary/aromatic N) is 1. The van der Waals surface area contributed by atoms with Gasteiger partial charge in [0.1, 0.15) is 11.9 Å². The van der Waals surface area contributed by atoms with Crippen molar-refractivity contribution in [3.05, 3.63) is 29.6 Å². The predicted octanol–water partition coefficient (Wildman–Crippen LogP) is 0.517. The molecule has 0 aliphatic carbocycles. The number of cyclic esters (lactones) is 1. The lowest BCUT2D eigenvalue weighted by molar-refractivity contribution is 0.0996. The fourth-order valence-electron chi connectivity index (χ4n) is 1.91. The van der Waals surface area contributed by atoms with E-state index >= 15 is 0 Å². The van der Waals surface area contributed by atoms with Gasteiger partial charge >= 0.3 is 12.2 Å². The lowest BCUT2D eigenvalue weighted by atomic mass is 10.1. The predicted molar refractivity (Wildman–Crippen MR) is 68.6 cm³/mol. The number of rotatable bonds is 4. The van der Waals surface area contributed by atoms with Crippen molar-refractivity contribution in [1.82, 2.24) is 5.32 Å². The van der Waals surface area contributed by atoms with Gasteiger partial charge in [-0.1, -0.05) is 0 Å². The van der Waals surface area contributed by atoms with Crippen molar-refractivity contribution < 1.29 is 28.6 Å². The maximum absolute atomic E-state index is 13.7. The molecule has 112 valence electrons. The second kappa shape index (κ2) is 5.65. The largest absolute Gasteiger partial charge is 0.465 e. The number of ether oxygens (including phenoxy) is 1. The van der Waals surface area contributed by atoms with Gasteiger partial charge in [0.2, 0.25) is 0 Å². The molecule has 2 rings (SSSR count). The van der Waals surface area contributed by atoms with Crippen LogP contribution in [0.15, 0.2) is 18.2 Å². The second-order valence-corrected chi connectivity index (χ2v) is 4.33. The lowest BCUT2D eigenvalue weighted by Crippen LogP contribution is -2.33. The summed E-state index contributed by atoms with van der Waals surface area (Å²) in [5.41, 5.74) is 4.90. The summed E-state index contributed by atoms with van der Waals surface area (Å²) in [7, 11) is 0. The number of hydrogen-bond acceptors (Lipinski definition) is 4. The van der Waals surface area contributed by atoms with Crippen LogP contribution < -0.4 is 16.0 Å². The van der Waals surface area contributed by atoms with Gasteiger partial charge in [0, 0.05) is 0 Å². The Morgan fingerprint density at radius 3 is 2.81 bits per heavy atom. The monoisotopic (exact) mass is 297 g/mol. The van der Waals surface area contributed by atoms with Crippen molar-refractivity contribution in [2.45, 2.75) is 6.10 Å². The van der Waals surface area contributed by atoms with E-state index in [1.54, 1.807) is 0 Å². The number of anilines is 1. The smallest absolute Gasteiger partial charge is 0.414 e. The summed E-state index contributed by atoms with van der Waals surface area (Å²) in [6.07, 6.45) is -2.63. The van der Waals surface area contributed by atoms with Crippen LogP contribution in [0.5, 0.6) is 0 Å². The first kappa shape index (κ1) is 14.6. The molecule has 1 atom stereocenters. The third-order valence-electron chi connectivity index (χ3n) is 2.88. The van der Waals surface area contributed by atoms with Crippen LogP contribution in [-0.2, 0) is 4.74 Å². The third-order valence-corrected chi connectivity index (χ3v) is 2.88. The molecule has 0 spiro atoms. The van der Waals surface area contributed by atoms with Crippen LogP contribution in [0, 0.1) is 5.82 Å². The average Bonchev–Trinajstić information content (AvgIpc) is 2.77. The zero-order chi connectivity index (χ0) is 15.6. The Labute approximate surface area is 118 Å².